The smallest absolute Gasteiger partial charge is 0.411 e. The quantitative estimate of drug-likeness (QED) is 0.280. The van der Waals surface area contributed by atoms with Crippen molar-refractivity contribution < 1.29 is 41.1 Å². The predicted octanol–water partition coefficient (Wildman–Crippen LogP) is 4.95. The SMILES string of the molecule is COC(=O)Nc1ccc(S(=O)(=O)C(C)C)c([C@H]2CCCN2C(=O)[C@@H](Nc2cc(C(N)=O)ccc2F)c2ccc(F)c(OC)c2)c1. The van der Waals surface area contributed by atoms with E-state index in [4.69, 9.17) is 10.5 Å². The minimum atomic E-state index is -3.85. The molecule has 1 fully saturated rings. The molecule has 1 saturated heterocycles. The summed E-state index contributed by atoms with van der Waals surface area (Å²) in [5, 5.41) is 4.58. The molecule has 0 radical (unpaired) electrons. The molecule has 14 heteroatoms. The van der Waals surface area contributed by atoms with E-state index in [1.807, 2.05) is 0 Å². The highest BCUT2D eigenvalue weighted by atomic mass is 32.2. The first-order chi connectivity index (χ1) is 21.3. The predicted molar refractivity (Wildman–Crippen MR) is 163 cm³/mol. The number of nitrogens with zero attached hydrogens (tertiary/aromatic N) is 1. The van der Waals surface area contributed by atoms with Crippen molar-refractivity contribution in [2.24, 2.45) is 5.73 Å². The normalized spacial score (nSPS) is 15.4. The van der Waals surface area contributed by atoms with Crippen LogP contribution in [0.1, 0.15) is 60.3 Å². The van der Waals surface area contributed by atoms with Crippen LogP contribution in [0.15, 0.2) is 59.5 Å². The monoisotopic (exact) mass is 644 g/mol. The molecule has 2 atom stereocenters. The second-order valence-electron chi connectivity index (χ2n) is 10.7. The molecule has 0 unspecified atom stereocenters. The summed E-state index contributed by atoms with van der Waals surface area (Å²) in [5.74, 6) is -3.04. The van der Waals surface area contributed by atoms with E-state index >= 15 is 4.39 Å². The number of methoxy groups -OCH3 is 2. The molecule has 3 aromatic rings. The fourth-order valence-corrected chi connectivity index (χ4v) is 6.47. The molecular formula is C31H34F2N4O7S. The maximum atomic E-state index is 15.0. The molecule has 3 aromatic carbocycles. The lowest BCUT2D eigenvalue weighted by atomic mass is 10.0. The summed E-state index contributed by atoms with van der Waals surface area (Å²) in [5.41, 5.74) is 5.90. The lowest BCUT2D eigenvalue weighted by Crippen LogP contribution is -2.38. The summed E-state index contributed by atoms with van der Waals surface area (Å²) in [6.45, 7) is 3.28. The number of likely N-dealkylation sites (tertiary alicyclic amines) is 1. The molecule has 0 spiro atoms. The number of halogens is 2. The fraction of sp³-hybridized carbons (Fsp3) is 0.323. The van der Waals surface area contributed by atoms with Gasteiger partial charge in [-0.05, 0) is 86.3 Å². The molecule has 1 aliphatic heterocycles. The van der Waals surface area contributed by atoms with Gasteiger partial charge in [-0.25, -0.2) is 22.0 Å². The van der Waals surface area contributed by atoms with Gasteiger partial charge in [0.2, 0.25) is 11.8 Å². The van der Waals surface area contributed by atoms with E-state index in [1.165, 1.54) is 69.4 Å². The summed E-state index contributed by atoms with van der Waals surface area (Å²) in [6.07, 6.45) is 0.102. The minimum Gasteiger partial charge on any atom is -0.494 e. The Bertz CT molecular complexity index is 1730. The zero-order chi connectivity index (χ0) is 33.1. The van der Waals surface area contributed by atoms with E-state index in [9.17, 15) is 27.2 Å². The molecule has 0 saturated carbocycles. The van der Waals surface area contributed by atoms with Crippen molar-refractivity contribution in [1.82, 2.24) is 4.90 Å². The van der Waals surface area contributed by atoms with Gasteiger partial charge in [0.1, 0.15) is 11.9 Å². The first kappa shape index (κ1) is 33.2. The second kappa shape index (κ2) is 13.5. The summed E-state index contributed by atoms with van der Waals surface area (Å²) >= 11 is 0. The molecular weight excluding hydrogens is 610 g/mol. The van der Waals surface area contributed by atoms with Crippen LogP contribution in [0.3, 0.4) is 0 Å². The van der Waals surface area contributed by atoms with Gasteiger partial charge in [-0.2, -0.15) is 0 Å². The first-order valence-corrected chi connectivity index (χ1v) is 15.6. The molecule has 0 aliphatic carbocycles. The van der Waals surface area contributed by atoms with Crippen LogP contribution >= 0.6 is 0 Å². The van der Waals surface area contributed by atoms with Crippen molar-refractivity contribution in [2.75, 3.05) is 31.4 Å². The standard InChI is InChI=1S/C31H34F2N4O7S/c1-17(2)45(41,42)27-12-9-20(35-31(40)44-4)16-21(27)25-6-5-13-37(25)30(39)28(18-7-11-23(33)26(15-18)43-3)36-24-14-19(29(34)38)8-10-22(24)32/h7-12,14-17,25,28,36H,5-6,13H2,1-4H3,(H2,34,38)(H,35,40)/t25-,28+/m1/s1. The Morgan fingerprint density at radius 1 is 1.00 bits per heavy atom. The molecule has 0 bridgehead atoms. The van der Waals surface area contributed by atoms with E-state index in [-0.39, 0.29) is 45.3 Å². The van der Waals surface area contributed by atoms with E-state index in [0.29, 0.717) is 12.8 Å². The Balaban J connectivity index is 1.84. The Morgan fingerprint density at radius 3 is 2.36 bits per heavy atom. The molecule has 1 aliphatic rings. The number of rotatable bonds is 10. The van der Waals surface area contributed by atoms with Gasteiger partial charge in [0.05, 0.1) is 36.1 Å². The number of hydrogen-bond donors (Lipinski definition) is 3. The van der Waals surface area contributed by atoms with Crippen LogP contribution < -0.4 is 21.1 Å². The van der Waals surface area contributed by atoms with E-state index in [1.54, 1.807) is 0 Å². The maximum Gasteiger partial charge on any atom is 0.411 e. The van der Waals surface area contributed by atoms with Crippen LogP contribution in [0.5, 0.6) is 5.75 Å². The summed E-state index contributed by atoms with van der Waals surface area (Å²) in [7, 11) is -1.41. The lowest BCUT2D eigenvalue weighted by molar-refractivity contribution is -0.133. The third-order valence-corrected chi connectivity index (χ3v) is 9.80. The van der Waals surface area contributed by atoms with Crippen LogP contribution in [0.25, 0.3) is 0 Å². The number of carbonyl (C=O) groups excluding carboxylic acids is 3. The highest BCUT2D eigenvalue weighted by Gasteiger charge is 2.38. The van der Waals surface area contributed by atoms with Gasteiger partial charge in [0, 0.05) is 17.8 Å². The molecule has 240 valence electrons. The number of sulfone groups is 1. The van der Waals surface area contributed by atoms with Gasteiger partial charge in [-0.3, -0.25) is 14.9 Å². The largest absolute Gasteiger partial charge is 0.494 e. The second-order valence-corrected chi connectivity index (χ2v) is 13.2. The number of primary amides is 1. The summed E-state index contributed by atoms with van der Waals surface area (Å²) < 4.78 is 66.1. The van der Waals surface area contributed by atoms with Crippen molar-refractivity contribution in [3.63, 3.8) is 0 Å². The minimum absolute atomic E-state index is 0.00854. The van der Waals surface area contributed by atoms with Crippen LogP contribution in [0.4, 0.5) is 25.0 Å². The Labute approximate surface area is 259 Å². The Hall–Kier alpha value is -4.72. The third kappa shape index (κ3) is 7.00. The van der Waals surface area contributed by atoms with Gasteiger partial charge < -0.3 is 25.4 Å². The number of benzene rings is 3. The van der Waals surface area contributed by atoms with Crippen molar-refractivity contribution in [2.45, 2.75) is 48.9 Å². The van der Waals surface area contributed by atoms with Crippen LogP contribution in [0.2, 0.25) is 0 Å². The molecule has 4 N–H and O–H groups in total. The number of nitrogens with one attached hydrogen (secondary N) is 2. The Kier molecular flexibility index (Phi) is 9.96. The molecule has 45 heavy (non-hydrogen) atoms. The van der Waals surface area contributed by atoms with Gasteiger partial charge in [-0.1, -0.05) is 6.07 Å². The number of anilines is 2. The topological polar surface area (TPSA) is 157 Å². The van der Waals surface area contributed by atoms with Gasteiger partial charge in [0.25, 0.3) is 0 Å². The maximum absolute atomic E-state index is 15.0. The van der Waals surface area contributed by atoms with Crippen LogP contribution in [-0.4, -0.2) is 57.2 Å². The molecule has 0 aromatic heterocycles. The lowest BCUT2D eigenvalue weighted by Gasteiger charge is -2.32. The molecule has 1 heterocycles. The third-order valence-electron chi connectivity index (χ3n) is 7.57. The van der Waals surface area contributed by atoms with Crippen LogP contribution in [-0.2, 0) is 19.4 Å². The highest BCUT2D eigenvalue weighted by Crippen LogP contribution is 2.40. The first-order valence-electron chi connectivity index (χ1n) is 14.0. The molecule has 4 rings (SSSR count). The van der Waals surface area contributed by atoms with E-state index in [0.717, 1.165) is 18.2 Å². The van der Waals surface area contributed by atoms with E-state index in [2.05, 4.69) is 15.4 Å². The average Bonchev–Trinajstić information content (AvgIpc) is 3.50. The average molecular weight is 645 g/mol. The van der Waals surface area contributed by atoms with Gasteiger partial charge in [0.15, 0.2) is 21.4 Å². The number of ether oxygens (including phenoxy) is 2. The van der Waals surface area contributed by atoms with Crippen molar-refractivity contribution in [3.05, 3.63) is 82.9 Å². The van der Waals surface area contributed by atoms with Crippen molar-refractivity contribution >= 4 is 39.1 Å². The fourth-order valence-electron chi connectivity index (χ4n) is 5.18. The zero-order valence-corrected chi connectivity index (χ0v) is 25.9. The van der Waals surface area contributed by atoms with Crippen LogP contribution in [0, 0.1) is 11.6 Å². The summed E-state index contributed by atoms with van der Waals surface area (Å²) in [4.78, 5) is 39.6. The molecule has 3 amide bonds. The zero-order valence-electron chi connectivity index (χ0n) is 25.1. The van der Waals surface area contributed by atoms with Crippen molar-refractivity contribution in [3.8, 4) is 5.75 Å². The highest BCUT2D eigenvalue weighted by molar-refractivity contribution is 7.92. The number of nitrogens with two attached hydrogens (primary N) is 1. The van der Waals surface area contributed by atoms with Gasteiger partial charge >= 0.3 is 6.09 Å². The van der Waals surface area contributed by atoms with Gasteiger partial charge in [-0.15, -0.1) is 0 Å². The van der Waals surface area contributed by atoms with E-state index < -0.39 is 56.7 Å². The molecule has 11 nitrogen and oxygen atoms in total. The Morgan fingerprint density at radius 2 is 1.71 bits per heavy atom. The van der Waals surface area contributed by atoms with Crippen molar-refractivity contribution in [1.29, 1.82) is 0 Å². The summed E-state index contributed by atoms with van der Waals surface area (Å²) in [6, 6.07) is 9.31. The number of amides is 3. The number of carbonyl (C=O) groups is 3. The number of hydrogen-bond acceptors (Lipinski definition) is 8.